The van der Waals surface area contributed by atoms with Crippen molar-refractivity contribution in [1.82, 2.24) is 34.9 Å². The van der Waals surface area contributed by atoms with Crippen molar-refractivity contribution < 1.29 is 35.1 Å². The molecule has 37 heavy (non-hydrogen) atoms. The second-order valence-electron chi connectivity index (χ2n) is 10.6. The first-order valence-electron chi connectivity index (χ1n) is 11.9. The third-order valence-electron chi connectivity index (χ3n) is 7.68. The van der Waals surface area contributed by atoms with Gasteiger partial charge in [-0.2, -0.15) is 0 Å². The Bertz CT molecular complexity index is 1510. The second-order valence-corrected chi connectivity index (χ2v) is 13.3. The Balaban J connectivity index is 1.50. The van der Waals surface area contributed by atoms with Gasteiger partial charge in [-0.3, -0.25) is 0 Å². The SMILES string of the molecule is CC(C)(O)c1ncn(-c2nccc([C@@]34C[I-]C[C@@H](c5cc(-c6c(F)cccc6F)nnc53)C4(C)C)n2)n1. The van der Waals surface area contributed by atoms with Crippen LogP contribution in [0.2, 0.25) is 0 Å². The van der Waals surface area contributed by atoms with E-state index in [1.165, 1.54) is 29.2 Å². The standard InChI is InChI=1S/C26H25F2IN7O/c1-24(2)15-11-29-12-26(24,19-8-9-30-23(32-19)36-13-31-22(35-36)25(3,4)37)21-14(15)10-18(33-34-21)20-16(27)6-5-7-17(20)28/h5-10,13,15,37H,11-12H2,1-4H3/q-1/t15-,26-/m0/s1. The maximum absolute atomic E-state index is 14.6. The predicted octanol–water partition coefficient (Wildman–Crippen LogP) is 0.532. The average Bonchev–Trinajstić information content (AvgIpc) is 3.35. The fourth-order valence-electron chi connectivity index (χ4n) is 5.53. The van der Waals surface area contributed by atoms with E-state index in [-0.39, 0.29) is 49.6 Å². The summed E-state index contributed by atoms with van der Waals surface area (Å²) in [6.45, 7) is 7.67. The van der Waals surface area contributed by atoms with Gasteiger partial charge < -0.3 is 0 Å². The number of aromatic nitrogens is 7. The van der Waals surface area contributed by atoms with Crippen molar-refractivity contribution in [2.24, 2.45) is 5.41 Å². The van der Waals surface area contributed by atoms with Crippen LogP contribution in [-0.2, 0) is 11.0 Å². The molecule has 1 aliphatic heterocycles. The molecule has 0 saturated carbocycles. The van der Waals surface area contributed by atoms with Gasteiger partial charge in [0.05, 0.1) is 0 Å². The van der Waals surface area contributed by atoms with Crippen molar-refractivity contribution >= 4 is 0 Å². The first-order valence-corrected chi connectivity index (χ1v) is 14.9. The number of hydrogen-bond donors (Lipinski definition) is 1. The van der Waals surface area contributed by atoms with Gasteiger partial charge in [0.1, 0.15) is 0 Å². The second kappa shape index (κ2) is 8.29. The van der Waals surface area contributed by atoms with Gasteiger partial charge >= 0.3 is 223 Å². The van der Waals surface area contributed by atoms with Gasteiger partial charge in [-0.15, -0.1) is 0 Å². The minimum atomic E-state index is -1.19. The fourth-order valence-corrected chi connectivity index (χ4v) is 10.6. The Morgan fingerprint density at radius 2 is 1.86 bits per heavy atom. The summed E-state index contributed by atoms with van der Waals surface area (Å²) in [4.78, 5) is 13.6. The number of halogens is 3. The summed E-state index contributed by atoms with van der Waals surface area (Å²) in [6, 6.07) is 7.54. The van der Waals surface area contributed by atoms with Crippen molar-refractivity contribution in [2.75, 3.05) is 8.86 Å². The molecule has 1 saturated heterocycles. The molecule has 0 amide bonds. The summed E-state index contributed by atoms with van der Waals surface area (Å²) in [5.41, 5.74) is 0.691. The molecule has 1 fully saturated rings. The Morgan fingerprint density at radius 1 is 1.11 bits per heavy atom. The van der Waals surface area contributed by atoms with Crippen molar-refractivity contribution in [3.63, 3.8) is 0 Å². The van der Waals surface area contributed by atoms with Gasteiger partial charge in [0, 0.05) is 0 Å². The molecule has 4 aromatic rings. The van der Waals surface area contributed by atoms with E-state index in [2.05, 4.69) is 39.1 Å². The maximum atomic E-state index is 14.6. The van der Waals surface area contributed by atoms with Gasteiger partial charge in [-0.05, 0) is 0 Å². The third kappa shape index (κ3) is 3.53. The molecule has 11 heteroatoms. The molecule has 2 bridgehead atoms. The molecule has 2 atom stereocenters. The molecule has 2 aliphatic rings. The van der Waals surface area contributed by atoms with Crippen LogP contribution in [0.15, 0.2) is 42.9 Å². The number of nitrogens with zero attached hydrogens (tertiary/aromatic N) is 7. The summed E-state index contributed by atoms with van der Waals surface area (Å²) >= 11 is -0.185. The molecule has 6 rings (SSSR count). The molecule has 192 valence electrons. The molecule has 0 spiro atoms. The fraction of sp³-hybridized carbons (Fsp3) is 0.385. The molecule has 1 aliphatic carbocycles. The van der Waals surface area contributed by atoms with Gasteiger partial charge in [0.25, 0.3) is 0 Å². The van der Waals surface area contributed by atoms with E-state index < -0.39 is 22.7 Å². The molecular weight excluding hydrogens is 591 g/mol. The van der Waals surface area contributed by atoms with Gasteiger partial charge in [-0.25, -0.2) is 0 Å². The molecule has 4 heterocycles. The zero-order valence-electron chi connectivity index (χ0n) is 20.7. The minimum absolute atomic E-state index is 0.154. The molecule has 0 unspecified atom stereocenters. The van der Waals surface area contributed by atoms with E-state index >= 15 is 0 Å². The topological polar surface area (TPSA) is 102 Å². The Morgan fingerprint density at radius 3 is 2.57 bits per heavy atom. The predicted molar refractivity (Wildman–Crippen MR) is 127 cm³/mol. The number of benzene rings is 1. The van der Waals surface area contributed by atoms with Crippen LogP contribution >= 0.6 is 0 Å². The van der Waals surface area contributed by atoms with Crippen LogP contribution < -0.4 is 21.2 Å². The third-order valence-corrected chi connectivity index (χ3v) is 10.9. The summed E-state index contributed by atoms with van der Waals surface area (Å²) in [6.07, 6.45) is 3.19. The van der Waals surface area contributed by atoms with Gasteiger partial charge in [0.15, 0.2) is 0 Å². The molecule has 3 aromatic heterocycles. The van der Waals surface area contributed by atoms with E-state index in [1.807, 2.05) is 12.1 Å². The van der Waals surface area contributed by atoms with Crippen molar-refractivity contribution in [3.05, 3.63) is 77.3 Å². The number of hydrogen-bond acceptors (Lipinski definition) is 7. The van der Waals surface area contributed by atoms with Crippen molar-refractivity contribution in [1.29, 1.82) is 0 Å². The Hall–Kier alpha value is -2.93. The van der Waals surface area contributed by atoms with E-state index in [1.54, 1.807) is 20.0 Å². The quantitative estimate of drug-likeness (QED) is 0.264. The first-order chi connectivity index (χ1) is 17.5. The normalized spacial score (nSPS) is 22.4. The summed E-state index contributed by atoms with van der Waals surface area (Å²) in [5.74, 6) is -0.531. The van der Waals surface area contributed by atoms with Crippen LogP contribution in [0.4, 0.5) is 8.78 Å². The average molecular weight is 616 g/mol. The number of rotatable bonds is 4. The summed E-state index contributed by atoms with van der Waals surface area (Å²) < 4.78 is 32.6. The van der Waals surface area contributed by atoms with Crippen LogP contribution in [0.1, 0.15) is 56.4 Å². The van der Waals surface area contributed by atoms with E-state index in [0.717, 1.165) is 25.8 Å². The van der Waals surface area contributed by atoms with E-state index in [0.29, 0.717) is 5.95 Å². The van der Waals surface area contributed by atoms with Crippen LogP contribution in [-0.4, -0.2) is 48.9 Å². The monoisotopic (exact) mass is 616 g/mol. The zero-order valence-corrected chi connectivity index (χ0v) is 22.9. The van der Waals surface area contributed by atoms with Crippen LogP contribution in [0.25, 0.3) is 17.2 Å². The number of aliphatic hydroxyl groups is 1. The van der Waals surface area contributed by atoms with E-state index in [9.17, 15) is 13.9 Å². The molecule has 0 radical (unpaired) electrons. The van der Waals surface area contributed by atoms with Gasteiger partial charge in [0.2, 0.25) is 0 Å². The van der Waals surface area contributed by atoms with Crippen LogP contribution in [0, 0.1) is 17.0 Å². The molecule has 1 aromatic carbocycles. The molecular formula is C26H25F2IN7O-. The Kier molecular flexibility index (Phi) is 5.47. The van der Waals surface area contributed by atoms with Crippen molar-refractivity contribution in [3.8, 4) is 17.2 Å². The van der Waals surface area contributed by atoms with Crippen LogP contribution in [0.3, 0.4) is 0 Å². The van der Waals surface area contributed by atoms with Gasteiger partial charge in [-0.1, -0.05) is 0 Å². The van der Waals surface area contributed by atoms with E-state index in [4.69, 9.17) is 4.98 Å². The van der Waals surface area contributed by atoms with Crippen molar-refractivity contribution in [2.45, 2.75) is 44.6 Å². The molecule has 8 nitrogen and oxygen atoms in total. The van der Waals surface area contributed by atoms with Crippen LogP contribution in [0.5, 0.6) is 0 Å². The number of alkyl halides is 2. The Labute approximate surface area is 222 Å². The number of fused-ring (bicyclic) bond motifs is 5. The summed E-state index contributed by atoms with van der Waals surface area (Å²) in [5, 5.41) is 23.6. The zero-order chi connectivity index (χ0) is 26.2. The summed E-state index contributed by atoms with van der Waals surface area (Å²) in [7, 11) is 0. The first kappa shape index (κ1) is 24.4. The molecule has 1 N–H and O–H groups in total.